The second kappa shape index (κ2) is 14.7. The Hall–Kier alpha value is -2.43. The molecule has 8 nitrogen and oxygen atoms in total. The number of aromatic nitrogens is 2. The van der Waals surface area contributed by atoms with Gasteiger partial charge in [-0.05, 0) is 38.3 Å². The van der Waals surface area contributed by atoms with Crippen LogP contribution in [-0.4, -0.2) is 72.0 Å². The Bertz CT molecular complexity index is 842. The molecule has 0 bridgehead atoms. The van der Waals surface area contributed by atoms with E-state index in [-0.39, 0.29) is 35.9 Å². The Morgan fingerprint density at radius 1 is 1.09 bits per heavy atom. The van der Waals surface area contributed by atoms with E-state index in [0.29, 0.717) is 26.1 Å². The molecule has 33 heavy (non-hydrogen) atoms. The molecule has 1 unspecified atom stereocenters. The molecule has 1 atom stereocenters. The van der Waals surface area contributed by atoms with Crippen LogP contribution in [0, 0.1) is 0 Å². The van der Waals surface area contributed by atoms with E-state index in [1.54, 1.807) is 12.4 Å². The molecule has 0 saturated carbocycles. The summed E-state index contributed by atoms with van der Waals surface area (Å²) in [5, 5.41) is 6.74. The fourth-order valence-electron chi connectivity index (χ4n) is 3.69. The zero-order chi connectivity index (χ0) is 22.6. The van der Waals surface area contributed by atoms with Gasteiger partial charge < -0.3 is 20.4 Å². The van der Waals surface area contributed by atoms with Gasteiger partial charge in [0.15, 0.2) is 5.96 Å². The molecule has 9 heteroatoms. The van der Waals surface area contributed by atoms with Crippen LogP contribution in [0.5, 0.6) is 0 Å². The van der Waals surface area contributed by atoms with Crippen molar-refractivity contribution in [2.24, 2.45) is 4.99 Å². The number of benzene rings is 1. The molecule has 1 aromatic carbocycles. The van der Waals surface area contributed by atoms with Crippen molar-refractivity contribution in [3.63, 3.8) is 0 Å². The van der Waals surface area contributed by atoms with Crippen LogP contribution in [0.2, 0.25) is 0 Å². The number of nitrogens with zero attached hydrogens (tertiary/aromatic N) is 5. The third-order valence-corrected chi connectivity index (χ3v) is 5.50. The van der Waals surface area contributed by atoms with Crippen molar-refractivity contribution in [2.75, 3.05) is 44.2 Å². The fraction of sp³-hybridized carbons (Fsp3) is 0.500. The van der Waals surface area contributed by atoms with Gasteiger partial charge in [0.1, 0.15) is 0 Å². The molecule has 1 aliphatic rings. The standard InChI is InChI=1S/C24H35N7O.HI/c1-3-25-23(29-20(2)10-11-21-8-5-4-6-9-21)26-15-12-22(32)30-16-18-31(19-17-30)24-27-13-7-14-28-24;/h4-9,13-14,20H,3,10-12,15-19H2,1-2H3,(H2,25,26,29);1H. The van der Waals surface area contributed by atoms with E-state index in [0.717, 1.165) is 44.4 Å². The smallest absolute Gasteiger partial charge is 0.225 e. The van der Waals surface area contributed by atoms with E-state index in [4.69, 9.17) is 0 Å². The second-order valence-electron chi connectivity index (χ2n) is 8.00. The van der Waals surface area contributed by atoms with Crippen molar-refractivity contribution in [3.05, 3.63) is 54.4 Å². The van der Waals surface area contributed by atoms with Gasteiger partial charge in [-0.2, -0.15) is 0 Å². The van der Waals surface area contributed by atoms with Crippen molar-refractivity contribution < 1.29 is 4.79 Å². The first-order valence-corrected chi connectivity index (χ1v) is 11.5. The van der Waals surface area contributed by atoms with Gasteiger partial charge in [-0.15, -0.1) is 24.0 Å². The van der Waals surface area contributed by atoms with Crippen LogP contribution in [0.3, 0.4) is 0 Å². The summed E-state index contributed by atoms with van der Waals surface area (Å²) >= 11 is 0. The number of hydrogen-bond donors (Lipinski definition) is 2. The van der Waals surface area contributed by atoms with Gasteiger partial charge in [0.05, 0.1) is 6.54 Å². The van der Waals surface area contributed by atoms with Gasteiger partial charge in [-0.25, -0.2) is 9.97 Å². The van der Waals surface area contributed by atoms with Crippen LogP contribution in [0.25, 0.3) is 0 Å². The molecule has 2 N–H and O–H groups in total. The molecule has 180 valence electrons. The highest BCUT2D eigenvalue weighted by atomic mass is 127. The van der Waals surface area contributed by atoms with Crippen LogP contribution in [-0.2, 0) is 11.2 Å². The summed E-state index contributed by atoms with van der Waals surface area (Å²) in [4.78, 5) is 29.9. The van der Waals surface area contributed by atoms with Crippen LogP contribution in [0.1, 0.15) is 32.3 Å². The lowest BCUT2D eigenvalue weighted by molar-refractivity contribution is -0.131. The van der Waals surface area contributed by atoms with Crippen LogP contribution in [0.4, 0.5) is 5.95 Å². The van der Waals surface area contributed by atoms with E-state index < -0.39 is 0 Å². The van der Waals surface area contributed by atoms with Gasteiger partial charge in [0, 0.05) is 57.6 Å². The highest BCUT2D eigenvalue weighted by Crippen LogP contribution is 2.10. The number of carbonyl (C=O) groups is 1. The third kappa shape index (κ3) is 9.15. The Kier molecular flexibility index (Phi) is 11.9. The van der Waals surface area contributed by atoms with E-state index in [2.05, 4.69) is 61.7 Å². The van der Waals surface area contributed by atoms with Crippen molar-refractivity contribution in [2.45, 2.75) is 39.2 Å². The first-order valence-electron chi connectivity index (χ1n) is 11.5. The number of piperazine rings is 1. The van der Waals surface area contributed by atoms with Crippen molar-refractivity contribution in [3.8, 4) is 0 Å². The average Bonchev–Trinajstić information content (AvgIpc) is 2.84. The minimum Gasteiger partial charge on any atom is -0.357 e. The topological polar surface area (TPSA) is 85.8 Å². The number of amides is 1. The number of aliphatic imine (C=N–C) groups is 1. The summed E-state index contributed by atoms with van der Waals surface area (Å²) < 4.78 is 0. The van der Waals surface area contributed by atoms with Crippen molar-refractivity contribution >= 4 is 41.8 Å². The zero-order valence-corrected chi connectivity index (χ0v) is 21.9. The third-order valence-electron chi connectivity index (χ3n) is 5.50. The van der Waals surface area contributed by atoms with Gasteiger partial charge in [-0.3, -0.25) is 9.79 Å². The molecule has 1 fully saturated rings. The van der Waals surface area contributed by atoms with E-state index >= 15 is 0 Å². The van der Waals surface area contributed by atoms with E-state index in [1.165, 1.54) is 5.56 Å². The predicted molar refractivity (Wildman–Crippen MR) is 144 cm³/mol. The van der Waals surface area contributed by atoms with Gasteiger partial charge in [-0.1, -0.05) is 30.3 Å². The molecular weight excluding hydrogens is 529 g/mol. The molecule has 1 amide bonds. The van der Waals surface area contributed by atoms with Crippen LogP contribution in [0.15, 0.2) is 53.8 Å². The molecule has 2 aromatic rings. The summed E-state index contributed by atoms with van der Waals surface area (Å²) in [6.07, 6.45) is 5.94. The monoisotopic (exact) mass is 565 g/mol. The SMILES string of the molecule is CCNC(=NCCC(=O)N1CCN(c2ncccn2)CC1)NC(C)CCc1ccccc1.I. The number of rotatable bonds is 9. The number of carbonyl (C=O) groups excluding carboxylic acids is 1. The van der Waals surface area contributed by atoms with Gasteiger partial charge in [0.25, 0.3) is 0 Å². The first kappa shape index (κ1) is 26.8. The largest absolute Gasteiger partial charge is 0.357 e. The van der Waals surface area contributed by atoms with Crippen molar-refractivity contribution in [1.29, 1.82) is 0 Å². The Morgan fingerprint density at radius 3 is 2.45 bits per heavy atom. The summed E-state index contributed by atoms with van der Waals surface area (Å²) in [7, 11) is 0. The second-order valence-corrected chi connectivity index (χ2v) is 8.00. The fourth-order valence-corrected chi connectivity index (χ4v) is 3.69. The molecule has 1 aromatic heterocycles. The predicted octanol–water partition coefficient (Wildman–Crippen LogP) is 2.71. The van der Waals surface area contributed by atoms with E-state index in [1.807, 2.05) is 24.0 Å². The summed E-state index contributed by atoms with van der Waals surface area (Å²) in [6, 6.07) is 12.6. The molecule has 0 aliphatic carbocycles. The summed E-state index contributed by atoms with van der Waals surface area (Å²) in [6.45, 7) is 8.36. The lowest BCUT2D eigenvalue weighted by Gasteiger charge is -2.34. The first-order chi connectivity index (χ1) is 15.7. The number of hydrogen-bond acceptors (Lipinski definition) is 5. The van der Waals surface area contributed by atoms with Crippen LogP contribution >= 0.6 is 24.0 Å². The van der Waals surface area contributed by atoms with Crippen LogP contribution < -0.4 is 15.5 Å². The maximum Gasteiger partial charge on any atom is 0.225 e. The quantitative estimate of drug-likeness (QED) is 0.277. The molecule has 2 heterocycles. The molecule has 1 saturated heterocycles. The number of guanidine groups is 1. The highest BCUT2D eigenvalue weighted by molar-refractivity contribution is 14.0. The summed E-state index contributed by atoms with van der Waals surface area (Å²) in [5.74, 6) is 1.65. The lowest BCUT2D eigenvalue weighted by atomic mass is 10.1. The minimum absolute atomic E-state index is 0. The van der Waals surface area contributed by atoms with E-state index in [9.17, 15) is 4.79 Å². The number of nitrogens with one attached hydrogen (secondary N) is 2. The molecule has 3 rings (SSSR count). The Balaban J connectivity index is 0.00000385. The molecule has 1 aliphatic heterocycles. The minimum atomic E-state index is 0. The number of anilines is 1. The van der Waals surface area contributed by atoms with Gasteiger partial charge in [0.2, 0.25) is 11.9 Å². The maximum absolute atomic E-state index is 12.6. The normalized spacial score (nSPS) is 14.9. The molecule has 0 spiro atoms. The lowest BCUT2D eigenvalue weighted by Crippen LogP contribution is -2.49. The Morgan fingerprint density at radius 2 is 1.79 bits per heavy atom. The Labute approximate surface area is 214 Å². The maximum atomic E-state index is 12.6. The van der Waals surface area contributed by atoms with Crippen molar-refractivity contribution in [1.82, 2.24) is 25.5 Å². The average molecular weight is 566 g/mol. The number of aryl methyl sites for hydroxylation is 1. The molecule has 0 radical (unpaired) electrons. The summed E-state index contributed by atoms with van der Waals surface area (Å²) in [5.41, 5.74) is 1.34. The number of halogens is 1. The zero-order valence-electron chi connectivity index (χ0n) is 19.6. The highest BCUT2D eigenvalue weighted by Gasteiger charge is 2.22. The van der Waals surface area contributed by atoms with Gasteiger partial charge >= 0.3 is 0 Å². The molecular formula is C24H36IN7O.